The fourth-order valence-corrected chi connectivity index (χ4v) is 0.792. The second kappa shape index (κ2) is 1.73. The number of H-pyrrole nitrogens is 1. The lowest BCUT2D eigenvalue weighted by Crippen LogP contribution is -2.41. The molecule has 0 saturated carbocycles. The van der Waals surface area contributed by atoms with Crippen molar-refractivity contribution >= 4 is 6.08 Å². The molecule has 0 atom stereocenters. The van der Waals surface area contributed by atoms with Gasteiger partial charge in [0.05, 0.1) is 12.3 Å². The Morgan fingerprint density at radius 2 is 2.60 bits per heavy atom. The van der Waals surface area contributed by atoms with Crippen LogP contribution in [0.1, 0.15) is 5.69 Å². The van der Waals surface area contributed by atoms with Crippen LogP contribution < -0.4 is 10.3 Å². The summed E-state index contributed by atoms with van der Waals surface area (Å²) in [5.41, 5.74) is 0.103. The molecule has 1 aliphatic rings. The molecule has 0 bridgehead atoms. The fourth-order valence-electron chi connectivity index (χ4n) is 0.792. The number of rotatable bonds is 0. The fraction of sp³-hybridized carbons (Fsp3) is 0.200. The van der Waals surface area contributed by atoms with E-state index in [0.29, 0.717) is 12.4 Å². The molecular formula is C5H5N2O3+. The molecule has 52 valence electrons. The average molecular weight is 141 g/mol. The Bertz CT molecular complexity index is 322. The van der Waals surface area contributed by atoms with Crippen LogP contribution in [-0.2, 0) is 11.5 Å². The van der Waals surface area contributed by atoms with Crippen molar-refractivity contribution in [1.82, 2.24) is 5.27 Å². The van der Waals surface area contributed by atoms with Gasteiger partial charge in [-0.2, -0.15) is 0 Å². The Balaban J connectivity index is 2.68. The first-order chi connectivity index (χ1) is 4.88. The molecule has 0 amide bonds. The van der Waals surface area contributed by atoms with Crippen molar-refractivity contribution < 1.29 is 13.9 Å². The van der Waals surface area contributed by atoms with Gasteiger partial charge in [-0.3, -0.25) is 4.52 Å². The topological polar surface area (TPSA) is 59.1 Å². The molecule has 2 rings (SSSR count). The lowest BCUT2D eigenvalue weighted by atomic mass is 10.4. The van der Waals surface area contributed by atoms with Gasteiger partial charge in [0, 0.05) is 0 Å². The van der Waals surface area contributed by atoms with Gasteiger partial charge in [-0.15, -0.1) is 0 Å². The van der Waals surface area contributed by atoms with Crippen molar-refractivity contribution in [2.75, 3.05) is 0 Å². The van der Waals surface area contributed by atoms with Crippen LogP contribution in [0.25, 0.3) is 6.08 Å². The molecule has 10 heavy (non-hydrogen) atoms. The highest BCUT2D eigenvalue weighted by Crippen LogP contribution is 1.93. The van der Waals surface area contributed by atoms with Crippen molar-refractivity contribution in [3.05, 3.63) is 22.4 Å². The summed E-state index contributed by atoms with van der Waals surface area (Å²) < 4.78 is 10.8. The van der Waals surface area contributed by atoms with Crippen LogP contribution in [0.5, 0.6) is 0 Å². The summed E-state index contributed by atoms with van der Waals surface area (Å²) in [7, 11) is 0. The Morgan fingerprint density at radius 1 is 1.70 bits per heavy atom. The number of nitrogens with zero attached hydrogens (tertiary/aromatic N) is 1. The number of nitrogens with one attached hydrogen (secondary N) is 1. The smallest absolute Gasteiger partial charge is 0.434 e. The van der Waals surface area contributed by atoms with Crippen LogP contribution in [-0.4, -0.2) is 5.27 Å². The highest BCUT2D eigenvalue weighted by molar-refractivity contribution is 5.37. The van der Waals surface area contributed by atoms with Gasteiger partial charge in [0.15, 0.2) is 0 Å². The number of ether oxygens (including phenoxy) is 1. The van der Waals surface area contributed by atoms with Gasteiger partial charge in [0.2, 0.25) is 0 Å². The molecule has 0 aliphatic carbocycles. The molecule has 0 saturated heterocycles. The minimum absolute atomic E-state index is 0.303. The molecule has 0 unspecified atom stereocenters. The minimum atomic E-state index is -0.375. The van der Waals surface area contributed by atoms with Gasteiger partial charge in [0.25, 0.3) is 0 Å². The highest BCUT2D eigenvalue weighted by Gasteiger charge is 2.20. The van der Waals surface area contributed by atoms with E-state index in [4.69, 9.17) is 4.74 Å². The van der Waals surface area contributed by atoms with E-state index in [1.165, 1.54) is 10.9 Å². The van der Waals surface area contributed by atoms with E-state index in [2.05, 4.69) is 9.79 Å². The largest absolute Gasteiger partial charge is 0.442 e. The quantitative estimate of drug-likeness (QED) is 0.482. The summed E-state index contributed by atoms with van der Waals surface area (Å²) >= 11 is 0. The summed E-state index contributed by atoms with van der Waals surface area (Å²) in [4.78, 5) is 10.7. The molecule has 1 N–H and O–H groups in total. The summed E-state index contributed by atoms with van der Waals surface area (Å²) in [6.45, 7) is 0.303. The number of hydrogen-bond donors (Lipinski definition) is 1. The number of aromatic nitrogens is 2. The van der Waals surface area contributed by atoms with Crippen LogP contribution in [0.15, 0.2) is 15.6 Å². The first-order valence-electron chi connectivity index (χ1n) is 2.77. The lowest BCUT2D eigenvalue weighted by molar-refractivity contribution is -0.793. The third-order valence-electron chi connectivity index (χ3n) is 1.27. The second-order valence-electron chi connectivity index (χ2n) is 1.89. The number of hydrogen-bond acceptors (Lipinski definition) is 3. The van der Waals surface area contributed by atoms with Crippen molar-refractivity contribution in [3.63, 3.8) is 0 Å². The highest BCUT2D eigenvalue weighted by atomic mass is 16.5. The molecule has 0 aromatic carbocycles. The SMILES string of the molecule is O=c1o[nH][n+]2c1C=COC2. The molecule has 0 spiro atoms. The monoisotopic (exact) mass is 141 g/mol. The normalized spacial score (nSPS) is 14.4. The summed E-state index contributed by atoms with van der Waals surface area (Å²) in [5, 5.41) is 2.38. The summed E-state index contributed by atoms with van der Waals surface area (Å²) in [6.07, 6.45) is 3.01. The summed E-state index contributed by atoms with van der Waals surface area (Å²) in [5.74, 6) is 0. The zero-order chi connectivity index (χ0) is 6.97. The Labute approximate surface area is 55.5 Å². The first-order valence-corrected chi connectivity index (χ1v) is 2.77. The van der Waals surface area contributed by atoms with Crippen LogP contribution in [0, 0.1) is 0 Å². The van der Waals surface area contributed by atoms with Gasteiger partial charge >= 0.3 is 18.1 Å². The van der Waals surface area contributed by atoms with Gasteiger partial charge < -0.3 is 4.74 Å². The van der Waals surface area contributed by atoms with E-state index < -0.39 is 0 Å². The van der Waals surface area contributed by atoms with E-state index in [0.717, 1.165) is 0 Å². The van der Waals surface area contributed by atoms with Gasteiger partial charge in [-0.05, 0) is 9.95 Å². The molecule has 2 heterocycles. The minimum Gasteiger partial charge on any atom is -0.442 e. The average Bonchev–Trinajstić information content (AvgIpc) is 2.34. The maximum atomic E-state index is 10.7. The summed E-state index contributed by atoms with van der Waals surface area (Å²) in [6, 6.07) is 0. The van der Waals surface area contributed by atoms with Crippen molar-refractivity contribution in [2.45, 2.75) is 6.73 Å². The van der Waals surface area contributed by atoms with E-state index in [9.17, 15) is 4.79 Å². The van der Waals surface area contributed by atoms with Crippen LogP contribution in [0.3, 0.4) is 0 Å². The third-order valence-corrected chi connectivity index (χ3v) is 1.27. The molecule has 0 radical (unpaired) electrons. The van der Waals surface area contributed by atoms with Gasteiger partial charge in [-0.25, -0.2) is 4.79 Å². The Hall–Kier alpha value is -1.52. The Morgan fingerprint density at radius 3 is 3.40 bits per heavy atom. The van der Waals surface area contributed by atoms with Gasteiger partial charge in [-0.1, -0.05) is 0 Å². The molecule has 5 heteroatoms. The predicted molar refractivity (Wildman–Crippen MR) is 29.6 cm³/mol. The van der Waals surface area contributed by atoms with E-state index in [1.54, 1.807) is 6.08 Å². The second-order valence-corrected chi connectivity index (χ2v) is 1.89. The molecule has 0 fully saturated rings. The van der Waals surface area contributed by atoms with Gasteiger partial charge in [0.1, 0.15) is 0 Å². The molecule has 1 aliphatic heterocycles. The van der Waals surface area contributed by atoms with Crippen LogP contribution >= 0.6 is 0 Å². The van der Waals surface area contributed by atoms with Crippen molar-refractivity contribution in [1.29, 1.82) is 0 Å². The molecule has 5 nitrogen and oxygen atoms in total. The van der Waals surface area contributed by atoms with E-state index >= 15 is 0 Å². The van der Waals surface area contributed by atoms with Crippen molar-refractivity contribution in [3.8, 4) is 0 Å². The zero-order valence-corrected chi connectivity index (χ0v) is 5.03. The number of fused-ring (bicyclic) bond motifs is 1. The Kier molecular flexibility index (Phi) is 0.913. The third kappa shape index (κ3) is 0.570. The van der Waals surface area contributed by atoms with Crippen molar-refractivity contribution in [2.24, 2.45) is 0 Å². The van der Waals surface area contributed by atoms with E-state index in [-0.39, 0.29) is 5.63 Å². The lowest BCUT2D eigenvalue weighted by Gasteiger charge is -1.95. The molecular weight excluding hydrogens is 136 g/mol. The predicted octanol–water partition coefficient (Wildman–Crippen LogP) is -0.786. The van der Waals surface area contributed by atoms with Crippen LogP contribution in [0.2, 0.25) is 0 Å². The number of aromatic amines is 1. The van der Waals surface area contributed by atoms with Crippen LogP contribution in [0.4, 0.5) is 0 Å². The maximum Gasteiger partial charge on any atom is 0.434 e. The maximum absolute atomic E-state index is 10.7. The zero-order valence-electron chi connectivity index (χ0n) is 5.03. The van der Waals surface area contributed by atoms with E-state index in [1.807, 2.05) is 0 Å². The first kappa shape index (κ1) is 5.28. The molecule has 1 aromatic heterocycles. The molecule has 1 aromatic rings. The standard InChI is InChI=1S/C5H4N2O3/c8-5-4-1-2-9-3-7(4)6-10-5/h1-2H,3H2/p+1.